The molecule has 37 heavy (non-hydrogen) atoms. The van der Waals surface area contributed by atoms with Gasteiger partial charge in [-0.25, -0.2) is 9.78 Å². The van der Waals surface area contributed by atoms with Gasteiger partial charge in [-0.1, -0.05) is 0 Å². The average molecular weight is 558 g/mol. The average Bonchev–Trinajstić information content (AvgIpc) is 3.19. The Morgan fingerprint density at radius 3 is 2.51 bits per heavy atom. The van der Waals surface area contributed by atoms with Gasteiger partial charge in [0.25, 0.3) is 5.91 Å². The Morgan fingerprint density at radius 1 is 1.27 bits per heavy atom. The molecule has 2 amide bonds. The summed E-state index contributed by atoms with van der Waals surface area (Å²) in [6, 6.07) is -0.490. The molecule has 1 saturated heterocycles. The number of piperidine rings is 1. The van der Waals surface area contributed by atoms with E-state index in [9.17, 15) is 35.9 Å². The van der Waals surface area contributed by atoms with E-state index in [4.69, 9.17) is 9.47 Å². The van der Waals surface area contributed by atoms with Crippen molar-refractivity contribution >= 4 is 33.6 Å². The highest BCUT2D eigenvalue weighted by Crippen LogP contribution is 2.43. The number of hydrogen-bond acceptors (Lipinski definition) is 7. The van der Waals surface area contributed by atoms with E-state index in [2.05, 4.69) is 15.0 Å². The first-order chi connectivity index (χ1) is 17.1. The highest BCUT2D eigenvalue weighted by Gasteiger charge is 2.39. The monoisotopic (exact) mass is 557 g/mol. The highest BCUT2D eigenvalue weighted by atomic mass is 32.1. The number of rotatable bonds is 6. The van der Waals surface area contributed by atoms with Crippen LogP contribution in [-0.4, -0.2) is 66.7 Å². The summed E-state index contributed by atoms with van der Waals surface area (Å²) in [6.45, 7) is 3.38. The van der Waals surface area contributed by atoms with Crippen molar-refractivity contribution < 1.29 is 50.1 Å². The van der Waals surface area contributed by atoms with Gasteiger partial charge in [0.2, 0.25) is 5.88 Å². The van der Waals surface area contributed by atoms with Gasteiger partial charge in [0.1, 0.15) is 12.2 Å². The standard InChI is InChI=1S/C22H25F6N3O5S/c1-10-7-13(5-6-31(10)20(33)35-11(2)8-34-22(26,27)28)36-19-12(3)15(21(23,24)25)17-16(30-19)14(9-37-17)18(32)29-4/h9-11,13H,5-8H2,1-4H3,(H,29,32)/t10-,11+,13+/m1/s1. The number of thiophene rings is 1. The van der Waals surface area contributed by atoms with E-state index in [1.165, 1.54) is 31.2 Å². The molecule has 0 aliphatic carbocycles. The summed E-state index contributed by atoms with van der Waals surface area (Å²) in [7, 11) is 1.35. The molecular weight excluding hydrogens is 532 g/mol. The van der Waals surface area contributed by atoms with Gasteiger partial charge in [-0.05, 0) is 20.8 Å². The molecule has 3 rings (SSSR count). The zero-order valence-corrected chi connectivity index (χ0v) is 21.1. The fourth-order valence-corrected chi connectivity index (χ4v) is 5.11. The number of aromatic nitrogens is 1. The predicted molar refractivity (Wildman–Crippen MR) is 121 cm³/mol. The van der Waals surface area contributed by atoms with Crippen LogP contribution in [0.1, 0.15) is 48.2 Å². The molecule has 206 valence electrons. The number of carbonyl (C=O) groups excluding carboxylic acids is 2. The van der Waals surface area contributed by atoms with Crippen molar-refractivity contribution in [1.82, 2.24) is 15.2 Å². The number of carbonyl (C=O) groups is 2. The Bertz CT molecular complexity index is 1150. The van der Waals surface area contributed by atoms with Crippen LogP contribution in [0.2, 0.25) is 0 Å². The van der Waals surface area contributed by atoms with E-state index in [0.717, 1.165) is 11.3 Å². The number of halogens is 6. The molecule has 1 aliphatic heterocycles. The second-order valence-corrected chi connectivity index (χ2v) is 9.46. The smallest absolute Gasteiger partial charge is 0.474 e. The molecular formula is C22H25F6N3O5S. The predicted octanol–water partition coefficient (Wildman–Crippen LogP) is 5.28. The summed E-state index contributed by atoms with van der Waals surface area (Å²) in [5.41, 5.74) is -1.29. The Balaban J connectivity index is 1.76. The number of likely N-dealkylation sites (tertiary alicyclic amines) is 1. The first kappa shape index (κ1) is 28.8. The van der Waals surface area contributed by atoms with Crippen LogP contribution in [0.25, 0.3) is 10.2 Å². The second kappa shape index (κ2) is 10.9. The molecule has 1 aliphatic rings. The highest BCUT2D eigenvalue weighted by molar-refractivity contribution is 7.17. The number of amides is 2. The summed E-state index contributed by atoms with van der Waals surface area (Å²) in [4.78, 5) is 30.1. The normalized spacial score (nSPS) is 19.6. The second-order valence-electron chi connectivity index (χ2n) is 8.58. The van der Waals surface area contributed by atoms with Gasteiger partial charge in [0.15, 0.2) is 0 Å². The molecule has 0 aromatic carbocycles. The Morgan fingerprint density at radius 2 is 1.95 bits per heavy atom. The summed E-state index contributed by atoms with van der Waals surface area (Å²) in [6.07, 6.45) is -11.8. The van der Waals surface area contributed by atoms with E-state index in [-0.39, 0.29) is 46.6 Å². The fraction of sp³-hybridized carbons (Fsp3) is 0.591. The minimum Gasteiger partial charge on any atom is -0.474 e. The van der Waals surface area contributed by atoms with Crippen LogP contribution in [0.4, 0.5) is 31.1 Å². The van der Waals surface area contributed by atoms with Crippen LogP contribution in [0.3, 0.4) is 0 Å². The van der Waals surface area contributed by atoms with Crippen molar-refractivity contribution in [2.45, 2.75) is 64.4 Å². The van der Waals surface area contributed by atoms with E-state index in [1.54, 1.807) is 6.92 Å². The Kier molecular flexibility index (Phi) is 8.47. The first-order valence-corrected chi connectivity index (χ1v) is 12.1. The molecule has 8 nitrogen and oxygen atoms in total. The van der Waals surface area contributed by atoms with Crippen LogP contribution in [-0.2, 0) is 15.7 Å². The van der Waals surface area contributed by atoms with E-state index in [0.29, 0.717) is 0 Å². The number of ether oxygens (including phenoxy) is 3. The molecule has 1 fully saturated rings. The zero-order valence-electron chi connectivity index (χ0n) is 20.2. The van der Waals surface area contributed by atoms with Crippen molar-refractivity contribution in [3.63, 3.8) is 0 Å². The molecule has 0 spiro atoms. The Labute approximate surface area is 211 Å². The van der Waals surface area contributed by atoms with E-state index >= 15 is 0 Å². The van der Waals surface area contributed by atoms with Crippen LogP contribution < -0.4 is 10.1 Å². The molecule has 0 saturated carbocycles. The van der Waals surface area contributed by atoms with E-state index < -0.39 is 55.0 Å². The minimum absolute atomic E-state index is 0.00703. The summed E-state index contributed by atoms with van der Waals surface area (Å²) in [5.74, 6) is -0.855. The van der Waals surface area contributed by atoms with Crippen molar-refractivity contribution in [1.29, 1.82) is 0 Å². The van der Waals surface area contributed by atoms with Gasteiger partial charge >= 0.3 is 18.6 Å². The van der Waals surface area contributed by atoms with E-state index in [1.807, 2.05) is 0 Å². The molecule has 1 N–H and O–H groups in total. The third-order valence-corrected chi connectivity index (χ3v) is 6.77. The first-order valence-electron chi connectivity index (χ1n) is 11.2. The lowest BCUT2D eigenvalue weighted by molar-refractivity contribution is -0.329. The van der Waals surface area contributed by atoms with Crippen LogP contribution in [0.15, 0.2) is 5.38 Å². The maximum absolute atomic E-state index is 13.9. The van der Waals surface area contributed by atoms with Gasteiger partial charge in [-0.3, -0.25) is 9.53 Å². The van der Waals surface area contributed by atoms with Crippen LogP contribution >= 0.6 is 11.3 Å². The van der Waals surface area contributed by atoms with Crippen molar-refractivity contribution in [2.24, 2.45) is 0 Å². The molecule has 0 unspecified atom stereocenters. The zero-order chi connectivity index (χ0) is 27.7. The van der Waals surface area contributed by atoms with Gasteiger partial charge in [-0.2, -0.15) is 13.2 Å². The largest absolute Gasteiger partial charge is 0.522 e. The number of pyridine rings is 1. The summed E-state index contributed by atoms with van der Waals surface area (Å²) >= 11 is 0.765. The lowest BCUT2D eigenvalue weighted by atomic mass is 10.0. The molecule has 3 atom stereocenters. The van der Waals surface area contributed by atoms with Gasteiger partial charge in [0, 0.05) is 43.4 Å². The number of nitrogens with zero attached hydrogens (tertiary/aromatic N) is 2. The molecule has 15 heteroatoms. The fourth-order valence-electron chi connectivity index (χ4n) is 4.01. The van der Waals surface area contributed by atoms with Crippen molar-refractivity contribution in [3.05, 3.63) is 22.1 Å². The molecule has 0 radical (unpaired) electrons. The quantitative estimate of drug-likeness (QED) is 0.487. The maximum atomic E-state index is 13.9. The number of hydrogen-bond donors (Lipinski definition) is 1. The third-order valence-electron chi connectivity index (χ3n) is 5.78. The molecule has 2 aromatic rings. The van der Waals surface area contributed by atoms with Gasteiger partial charge in [0.05, 0.1) is 28.0 Å². The molecule has 3 heterocycles. The van der Waals surface area contributed by atoms with Gasteiger partial charge in [-0.15, -0.1) is 24.5 Å². The molecule has 2 aromatic heterocycles. The number of nitrogens with one attached hydrogen (secondary N) is 1. The molecule has 0 bridgehead atoms. The number of alkyl halides is 6. The Hall–Kier alpha value is -2.81. The van der Waals surface area contributed by atoms with Crippen molar-refractivity contribution in [2.75, 3.05) is 20.2 Å². The third kappa shape index (κ3) is 6.74. The van der Waals surface area contributed by atoms with Crippen LogP contribution in [0.5, 0.6) is 5.88 Å². The van der Waals surface area contributed by atoms with Gasteiger partial charge < -0.3 is 19.7 Å². The topological polar surface area (TPSA) is 90.0 Å². The SMILES string of the molecule is CNC(=O)c1csc2c(C(F)(F)F)c(C)c(O[C@H]3CCN(C(=O)O[C@@H](C)COC(F)(F)F)[C@H](C)C3)nc12. The van der Waals surface area contributed by atoms with Crippen LogP contribution in [0, 0.1) is 6.92 Å². The number of fused-ring (bicyclic) bond motifs is 1. The summed E-state index contributed by atoms with van der Waals surface area (Å²) < 4.78 is 92.8. The van der Waals surface area contributed by atoms with Crippen molar-refractivity contribution in [3.8, 4) is 5.88 Å². The maximum Gasteiger partial charge on any atom is 0.522 e. The minimum atomic E-state index is -4.85. The summed E-state index contributed by atoms with van der Waals surface area (Å²) in [5, 5.41) is 3.68. The lowest BCUT2D eigenvalue weighted by Crippen LogP contribution is -2.48. The lowest BCUT2D eigenvalue weighted by Gasteiger charge is -2.37.